The van der Waals surface area contributed by atoms with Crippen LogP contribution in [0.5, 0.6) is 0 Å². The van der Waals surface area contributed by atoms with Crippen molar-refractivity contribution in [3.8, 4) is 0 Å². The molecule has 0 aliphatic rings. The molecule has 0 aliphatic carbocycles. The largest absolute Gasteiger partial charge is 0.372 e. The first kappa shape index (κ1) is 18.7. The van der Waals surface area contributed by atoms with Crippen molar-refractivity contribution in [1.29, 1.82) is 0 Å². The van der Waals surface area contributed by atoms with Gasteiger partial charge in [-0.1, -0.05) is 60.7 Å². The van der Waals surface area contributed by atoms with Crippen LogP contribution in [0.2, 0.25) is 0 Å². The third kappa shape index (κ3) is 4.56. The topological polar surface area (TPSA) is 32.3 Å². The monoisotopic (exact) mass is 358 g/mol. The summed E-state index contributed by atoms with van der Waals surface area (Å²) in [4.78, 5) is 15.4. The van der Waals surface area contributed by atoms with E-state index in [1.54, 1.807) is 0 Å². The van der Waals surface area contributed by atoms with E-state index in [0.29, 0.717) is 5.56 Å². The number of carbonyl (C=O) groups is 1. The van der Waals surface area contributed by atoms with Crippen LogP contribution in [0.25, 0.3) is 0 Å². The lowest BCUT2D eigenvalue weighted by Gasteiger charge is -2.23. The Balaban J connectivity index is 1.87. The van der Waals surface area contributed by atoms with E-state index in [1.807, 2.05) is 72.8 Å². The summed E-state index contributed by atoms with van der Waals surface area (Å²) >= 11 is 0. The van der Waals surface area contributed by atoms with Crippen LogP contribution in [0, 0.1) is 0 Å². The molecule has 0 aliphatic heterocycles. The van der Waals surface area contributed by atoms with Gasteiger partial charge in [-0.25, -0.2) is 0 Å². The van der Waals surface area contributed by atoms with E-state index in [0.717, 1.165) is 24.3 Å². The smallest absolute Gasteiger partial charge is 0.189 e. The first-order valence-electron chi connectivity index (χ1n) is 9.48. The van der Waals surface area contributed by atoms with Crippen molar-refractivity contribution in [3.63, 3.8) is 0 Å². The van der Waals surface area contributed by atoms with Crippen LogP contribution in [0.4, 0.5) is 11.4 Å². The van der Waals surface area contributed by atoms with Gasteiger partial charge in [0.15, 0.2) is 5.78 Å². The van der Waals surface area contributed by atoms with Crippen molar-refractivity contribution in [2.24, 2.45) is 0 Å². The van der Waals surface area contributed by atoms with Gasteiger partial charge in [-0.15, -0.1) is 0 Å². The minimum absolute atomic E-state index is 0.0645. The summed E-state index contributed by atoms with van der Waals surface area (Å²) in [7, 11) is 0. The highest BCUT2D eigenvalue weighted by Crippen LogP contribution is 2.25. The standard InChI is InChI=1S/C24H26N2O/c1-3-26(4-2)22-17-15-21(16-18-22)25-23(19-11-7-5-8-12-19)24(27)20-13-9-6-10-14-20/h5-18,23,25H,3-4H2,1-2H3/t23-/m0/s1. The van der Waals surface area contributed by atoms with Crippen molar-refractivity contribution in [3.05, 3.63) is 96.1 Å². The Morgan fingerprint density at radius 2 is 1.37 bits per heavy atom. The number of Topliss-reactive ketones (excluding diaryl/α,β-unsaturated/α-hetero) is 1. The van der Waals surface area contributed by atoms with Gasteiger partial charge in [0, 0.05) is 30.0 Å². The molecule has 0 unspecified atom stereocenters. The molecule has 3 aromatic carbocycles. The number of carbonyl (C=O) groups excluding carboxylic acids is 1. The highest BCUT2D eigenvalue weighted by Gasteiger charge is 2.21. The molecule has 0 heterocycles. The van der Waals surface area contributed by atoms with Crippen molar-refractivity contribution in [1.82, 2.24) is 0 Å². The van der Waals surface area contributed by atoms with E-state index in [4.69, 9.17) is 0 Å². The highest BCUT2D eigenvalue weighted by atomic mass is 16.1. The fourth-order valence-corrected chi connectivity index (χ4v) is 3.24. The second-order valence-electron chi connectivity index (χ2n) is 6.44. The van der Waals surface area contributed by atoms with Gasteiger partial charge in [0.05, 0.1) is 0 Å². The maximum Gasteiger partial charge on any atom is 0.189 e. The maximum absolute atomic E-state index is 13.1. The maximum atomic E-state index is 13.1. The molecule has 0 radical (unpaired) electrons. The Morgan fingerprint density at radius 1 is 0.815 bits per heavy atom. The van der Waals surface area contributed by atoms with E-state index in [1.165, 1.54) is 5.69 Å². The van der Waals surface area contributed by atoms with Gasteiger partial charge >= 0.3 is 0 Å². The average Bonchev–Trinajstić information content (AvgIpc) is 2.74. The molecule has 1 atom stereocenters. The van der Waals surface area contributed by atoms with Gasteiger partial charge < -0.3 is 10.2 Å². The number of benzene rings is 3. The van der Waals surface area contributed by atoms with Gasteiger partial charge in [0.25, 0.3) is 0 Å². The number of hydrogen-bond acceptors (Lipinski definition) is 3. The van der Waals surface area contributed by atoms with Gasteiger partial charge in [0.2, 0.25) is 0 Å². The van der Waals surface area contributed by atoms with Crippen LogP contribution >= 0.6 is 0 Å². The molecule has 0 bridgehead atoms. The molecule has 0 fully saturated rings. The summed E-state index contributed by atoms with van der Waals surface area (Å²) in [6.07, 6.45) is 0. The minimum Gasteiger partial charge on any atom is -0.372 e. The molecule has 1 N–H and O–H groups in total. The number of hydrogen-bond donors (Lipinski definition) is 1. The number of anilines is 2. The predicted molar refractivity (Wildman–Crippen MR) is 114 cm³/mol. The lowest BCUT2D eigenvalue weighted by Crippen LogP contribution is -2.22. The zero-order chi connectivity index (χ0) is 19.1. The van der Waals surface area contributed by atoms with Crippen molar-refractivity contribution >= 4 is 17.2 Å². The first-order valence-corrected chi connectivity index (χ1v) is 9.48. The van der Waals surface area contributed by atoms with Crippen molar-refractivity contribution < 1.29 is 4.79 Å². The summed E-state index contributed by atoms with van der Waals surface area (Å²) < 4.78 is 0. The SMILES string of the molecule is CCN(CC)c1ccc(N[C@H](C(=O)c2ccccc2)c2ccccc2)cc1. The molecule has 0 saturated carbocycles. The van der Waals surface area contributed by atoms with Crippen molar-refractivity contribution in [2.75, 3.05) is 23.3 Å². The fourth-order valence-electron chi connectivity index (χ4n) is 3.24. The van der Waals surface area contributed by atoms with Crippen molar-refractivity contribution in [2.45, 2.75) is 19.9 Å². The van der Waals surface area contributed by atoms with E-state index in [-0.39, 0.29) is 5.78 Å². The molecule has 0 amide bonds. The zero-order valence-electron chi connectivity index (χ0n) is 15.9. The van der Waals surface area contributed by atoms with Crippen LogP contribution in [-0.2, 0) is 0 Å². The first-order chi connectivity index (χ1) is 13.2. The molecule has 27 heavy (non-hydrogen) atoms. The predicted octanol–water partition coefficient (Wildman–Crippen LogP) is 5.57. The summed E-state index contributed by atoms with van der Waals surface area (Å²) in [5, 5.41) is 3.43. The summed E-state index contributed by atoms with van der Waals surface area (Å²) in [5.41, 5.74) is 3.79. The van der Waals surface area contributed by atoms with Crippen LogP contribution in [0.15, 0.2) is 84.9 Å². The Labute approximate surface area is 161 Å². The average molecular weight is 358 g/mol. The Kier molecular flexibility index (Phi) is 6.26. The highest BCUT2D eigenvalue weighted by molar-refractivity contribution is 6.02. The van der Waals surface area contributed by atoms with Gasteiger partial charge in [0.1, 0.15) is 6.04 Å². The summed E-state index contributed by atoms with van der Waals surface area (Å²) in [5.74, 6) is 0.0645. The molecule has 3 rings (SSSR count). The van der Waals surface area contributed by atoms with Crippen LogP contribution in [0.3, 0.4) is 0 Å². The second-order valence-corrected chi connectivity index (χ2v) is 6.44. The Hall–Kier alpha value is -3.07. The normalized spacial score (nSPS) is 11.6. The molecule has 3 nitrogen and oxygen atoms in total. The number of nitrogens with zero attached hydrogens (tertiary/aromatic N) is 1. The van der Waals surface area contributed by atoms with Crippen LogP contribution in [-0.4, -0.2) is 18.9 Å². The molecular weight excluding hydrogens is 332 g/mol. The van der Waals surface area contributed by atoms with Gasteiger partial charge in [-0.05, 0) is 43.7 Å². The number of nitrogens with one attached hydrogen (secondary N) is 1. The molecule has 0 aromatic heterocycles. The lowest BCUT2D eigenvalue weighted by atomic mass is 9.97. The molecule has 138 valence electrons. The Morgan fingerprint density at radius 3 is 1.93 bits per heavy atom. The minimum atomic E-state index is -0.423. The van der Waals surface area contributed by atoms with Gasteiger partial charge in [-0.2, -0.15) is 0 Å². The molecule has 0 spiro atoms. The number of rotatable bonds is 8. The third-order valence-electron chi connectivity index (χ3n) is 4.76. The Bertz CT molecular complexity index is 841. The van der Waals surface area contributed by atoms with E-state index >= 15 is 0 Å². The molecule has 0 saturated heterocycles. The number of ketones is 1. The fraction of sp³-hybridized carbons (Fsp3) is 0.208. The molecule has 3 aromatic rings. The summed E-state index contributed by atoms with van der Waals surface area (Å²) in [6.45, 7) is 6.25. The third-order valence-corrected chi connectivity index (χ3v) is 4.76. The molecular formula is C24H26N2O. The van der Waals surface area contributed by atoms with Gasteiger partial charge in [-0.3, -0.25) is 4.79 Å². The molecule has 3 heteroatoms. The van der Waals surface area contributed by atoms with E-state index in [9.17, 15) is 4.79 Å². The van der Waals surface area contributed by atoms with Crippen LogP contribution < -0.4 is 10.2 Å². The second kappa shape index (κ2) is 9.04. The van der Waals surface area contributed by atoms with Crippen LogP contribution in [0.1, 0.15) is 35.8 Å². The van der Waals surface area contributed by atoms with E-state index < -0.39 is 6.04 Å². The zero-order valence-corrected chi connectivity index (χ0v) is 15.9. The quantitative estimate of drug-likeness (QED) is 0.534. The lowest BCUT2D eigenvalue weighted by molar-refractivity contribution is 0.0969. The van der Waals surface area contributed by atoms with E-state index in [2.05, 4.69) is 36.2 Å². The summed E-state index contributed by atoms with van der Waals surface area (Å²) in [6, 6.07) is 27.2.